The first-order valence-corrected chi connectivity index (χ1v) is 6.01. The lowest BCUT2D eigenvalue weighted by molar-refractivity contribution is 0.624. The van der Waals surface area contributed by atoms with E-state index in [4.69, 9.17) is 5.73 Å². The number of rotatable bonds is 2. The maximum atomic E-state index is 8.21. The standard InChI is InChI=1S/C15H15N2/c1-2-15(16)17-13-9-5-3-7-11(13)12-8-4-6-10-14(12)17/h3-10,15-16H,2H2,1H3/q-1. The van der Waals surface area contributed by atoms with Gasteiger partial charge >= 0.3 is 0 Å². The number of aromatic nitrogens is 1. The highest BCUT2D eigenvalue weighted by atomic mass is 15.1. The van der Waals surface area contributed by atoms with Crippen LogP contribution in [0.5, 0.6) is 0 Å². The fourth-order valence-corrected chi connectivity index (χ4v) is 2.47. The van der Waals surface area contributed by atoms with E-state index in [0.717, 1.165) is 17.5 Å². The molecule has 0 aliphatic carbocycles. The normalized spacial score (nSPS) is 13.3. The van der Waals surface area contributed by atoms with E-state index < -0.39 is 0 Å². The molecule has 0 saturated carbocycles. The van der Waals surface area contributed by atoms with E-state index in [1.807, 2.05) is 12.1 Å². The Labute approximate surface area is 101 Å². The molecule has 2 heteroatoms. The van der Waals surface area contributed by atoms with Crippen LogP contribution in [0.2, 0.25) is 0 Å². The van der Waals surface area contributed by atoms with E-state index in [1.165, 1.54) is 10.8 Å². The first-order valence-electron chi connectivity index (χ1n) is 6.01. The average molecular weight is 223 g/mol. The fraction of sp³-hybridized carbons (Fsp3) is 0.200. The monoisotopic (exact) mass is 223 g/mol. The summed E-state index contributed by atoms with van der Waals surface area (Å²) in [6, 6.07) is 16.7. The SMILES string of the molecule is CCC([NH-])n1c2ccccc2c2ccccc21. The molecule has 0 saturated heterocycles. The fourth-order valence-electron chi connectivity index (χ4n) is 2.47. The summed E-state index contributed by atoms with van der Waals surface area (Å²) in [6.07, 6.45) is 0.614. The molecule has 0 amide bonds. The van der Waals surface area contributed by atoms with Gasteiger partial charge in [0.2, 0.25) is 0 Å². The largest absolute Gasteiger partial charge is 0.657 e. The lowest BCUT2D eigenvalue weighted by Crippen LogP contribution is -2.01. The number of nitrogens with zero attached hydrogens (tertiary/aromatic N) is 1. The zero-order chi connectivity index (χ0) is 11.8. The molecular formula is C15H15N2-. The van der Waals surface area contributed by atoms with Gasteiger partial charge in [-0.15, -0.1) is 0 Å². The lowest BCUT2D eigenvalue weighted by atomic mass is 10.2. The van der Waals surface area contributed by atoms with Gasteiger partial charge in [0.25, 0.3) is 0 Å². The highest BCUT2D eigenvalue weighted by molar-refractivity contribution is 6.08. The highest BCUT2D eigenvalue weighted by Gasteiger charge is 2.09. The molecule has 0 aliphatic rings. The van der Waals surface area contributed by atoms with Crippen LogP contribution in [0.25, 0.3) is 27.5 Å². The highest BCUT2D eigenvalue weighted by Crippen LogP contribution is 2.32. The van der Waals surface area contributed by atoms with Gasteiger partial charge < -0.3 is 10.3 Å². The zero-order valence-electron chi connectivity index (χ0n) is 9.85. The molecule has 3 aromatic rings. The Bertz CT molecular complexity index is 614. The number of hydrogen-bond acceptors (Lipinski definition) is 0. The molecule has 1 aromatic heterocycles. The van der Waals surface area contributed by atoms with Crippen molar-refractivity contribution in [3.8, 4) is 0 Å². The number of benzene rings is 2. The Morgan fingerprint density at radius 2 is 1.41 bits per heavy atom. The quantitative estimate of drug-likeness (QED) is 0.599. The zero-order valence-corrected chi connectivity index (χ0v) is 9.85. The molecule has 0 fully saturated rings. The molecule has 17 heavy (non-hydrogen) atoms. The summed E-state index contributed by atoms with van der Waals surface area (Å²) < 4.78 is 2.13. The molecule has 0 radical (unpaired) electrons. The number of hydrogen-bond donors (Lipinski definition) is 0. The van der Waals surface area contributed by atoms with Crippen LogP contribution in [-0.4, -0.2) is 4.57 Å². The van der Waals surface area contributed by atoms with E-state index in [2.05, 4.69) is 47.9 Å². The van der Waals surface area contributed by atoms with Gasteiger partial charge in [0.1, 0.15) is 0 Å². The van der Waals surface area contributed by atoms with Crippen LogP contribution in [0, 0.1) is 0 Å². The molecule has 3 rings (SSSR count). The topological polar surface area (TPSA) is 28.7 Å². The number of nitrogens with one attached hydrogen (secondary N) is 1. The molecule has 1 unspecified atom stereocenters. The van der Waals surface area contributed by atoms with Gasteiger partial charge in [-0.3, -0.25) is 0 Å². The second-order valence-corrected chi connectivity index (χ2v) is 4.33. The summed E-state index contributed by atoms with van der Waals surface area (Å²) in [7, 11) is 0. The van der Waals surface area contributed by atoms with Crippen LogP contribution in [0.3, 0.4) is 0 Å². The van der Waals surface area contributed by atoms with Crippen molar-refractivity contribution in [3.05, 3.63) is 54.3 Å². The second kappa shape index (κ2) is 3.90. The van der Waals surface area contributed by atoms with Gasteiger partial charge in [0.05, 0.1) is 0 Å². The minimum absolute atomic E-state index is 0.209. The molecule has 1 heterocycles. The van der Waals surface area contributed by atoms with Crippen LogP contribution in [0.1, 0.15) is 19.5 Å². The lowest BCUT2D eigenvalue weighted by Gasteiger charge is -2.23. The average Bonchev–Trinajstić information content (AvgIpc) is 2.72. The first-order chi connectivity index (χ1) is 8.33. The number of para-hydroxylation sites is 2. The molecule has 2 nitrogen and oxygen atoms in total. The van der Waals surface area contributed by atoms with Crippen molar-refractivity contribution in [2.24, 2.45) is 0 Å². The summed E-state index contributed by atoms with van der Waals surface area (Å²) in [6.45, 7) is 2.06. The predicted molar refractivity (Wildman–Crippen MR) is 73.1 cm³/mol. The maximum Gasteiger partial charge on any atom is 0.0477 e. The van der Waals surface area contributed by atoms with Crippen molar-refractivity contribution in [1.82, 2.24) is 4.57 Å². The van der Waals surface area contributed by atoms with Crippen molar-refractivity contribution in [3.63, 3.8) is 0 Å². The molecule has 1 atom stereocenters. The van der Waals surface area contributed by atoms with E-state index in [1.54, 1.807) is 0 Å². The van der Waals surface area contributed by atoms with Crippen LogP contribution in [0.4, 0.5) is 0 Å². The molecule has 86 valence electrons. The van der Waals surface area contributed by atoms with E-state index in [-0.39, 0.29) is 6.17 Å². The Balaban J connectivity index is 2.50. The van der Waals surface area contributed by atoms with Crippen molar-refractivity contribution in [2.45, 2.75) is 19.5 Å². The summed E-state index contributed by atoms with van der Waals surface area (Å²) in [5.41, 5.74) is 10.5. The van der Waals surface area contributed by atoms with Crippen LogP contribution in [0.15, 0.2) is 48.5 Å². The van der Waals surface area contributed by atoms with Crippen LogP contribution >= 0.6 is 0 Å². The summed E-state index contributed by atoms with van der Waals surface area (Å²) in [4.78, 5) is 0. The van der Waals surface area contributed by atoms with Gasteiger partial charge in [-0.2, -0.15) is 0 Å². The molecular weight excluding hydrogens is 208 g/mol. The molecule has 0 aliphatic heterocycles. The third kappa shape index (κ3) is 1.45. The van der Waals surface area contributed by atoms with Gasteiger partial charge in [0, 0.05) is 21.8 Å². The van der Waals surface area contributed by atoms with Gasteiger partial charge in [-0.05, 0) is 12.1 Å². The van der Waals surface area contributed by atoms with E-state index in [9.17, 15) is 0 Å². The van der Waals surface area contributed by atoms with Crippen molar-refractivity contribution >= 4 is 21.8 Å². The third-order valence-electron chi connectivity index (χ3n) is 3.32. The smallest absolute Gasteiger partial charge is 0.0477 e. The van der Waals surface area contributed by atoms with Crippen molar-refractivity contribution in [2.75, 3.05) is 0 Å². The molecule has 1 N–H and O–H groups in total. The minimum Gasteiger partial charge on any atom is -0.657 e. The minimum atomic E-state index is -0.209. The van der Waals surface area contributed by atoms with Crippen LogP contribution < -0.4 is 0 Å². The second-order valence-electron chi connectivity index (χ2n) is 4.33. The Morgan fingerprint density at radius 3 is 1.88 bits per heavy atom. The van der Waals surface area contributed by atoms with Crippen LogP contribution in [-0.2, 0) is 0 Å². The Kier molecular flexibility index (Phi) is 2.37. The van der Waals surface area contributed by atoms with Gasteiger partial charge in [0.15, 0.2) is 0 Å². The van der Waals surface area contributed by atoms with Crippen molar-refractivity contribution in [1.29, 1.82) is 0 Å². The van der Waals surface area contributed by atoms with E-state index >= 15 is 0 Å². The maximum absolute atomic E-state index is 8.21. The predicted octanol–water partition coefficient (Wildman–Crippen LogP) is 4.76. The first kappa shape index (κ1) is 10.4. The van der Waals surface area contributed by atoms with Crippen molar-refractivity contribution < 1.29 is 0 Å². The number of fused-ring (bicyclic) bond motifs is 3. The van der Waals surface area contributed by atoms with E-state index in [0.29, 0.717) is 0 Å². The summed E-state index contributed by atoms with van der Waals surface area (Å²) in [5.74, 6) is 0. The summed E-state index contributed by atoms with van der Waals surface area (Å²) in [5, 5.41) is 2.49. The third-order valence-corrected chi connectivity index (χ3v) is 3.32. The molecule has 0 bridgehead atoms. The van der Waals surface area contributed by atoms with Gasteiger partial charge in [-0.25, -0.2) is 0 Å². The summed E-state index contributed by atoms with van der Waals surface area (Å²) >= 11 is 0. The van der Waals surface area contributed by atoms with Gasteiger partial charge in [-0.1, -0.05) is 55.9 Å². The molecule has 0 spiro atoms. The Hall–Kier alpha value is -1.80. The molecule has 2 aromatic carbocycles. The Morgan fingerprint density at radius 1 is 0.941 bits per heavy atom.